The number of likely N-dealkylation sites (tertiary alicyclic amines) is 1. The topological polar surface area (TPSA) is 93.4 Å². The van der Waals surface area contributed by atoms with Gasteiger partial charge in [-0.05, 0) is 49.9 Å². The number of piperidine rings is 1. The molecule has 1 fully saturated rings. The number of halogens is 1. The number of nitrogens with zero attached hydrogens (tertiary/aromatic N) is 3. The lowest BCUT2D eigenvalue weighted by atomic mass is 10.0. The number of hydrogen-bond acceptors (Lipinski definition) is 6. The van der Waals surface area contributed by atoms with Gasteiger partial charge in [-0.15, -0.1) is 5.10 Å². The first kappa shape index (κ1) is 18.8. The van der Waals surface area contributed by atoms with Crippen LogP contribution in [0.15, 0.2) is 33.9 Å². The van der Waals surface area contributed by atoms with Crippen LogP contribution >= 0.6 is 11.6 Å². The minimum Gasteiger partial charge on any atom is -0.408 e. The smallest absolute Gasteiger partial charge is 0.336 e. The van der Waals surface area contributed by atoms with E-state index in [4.69, 9.17) is 16.0 Å². The number of aromatic nitrogens is 2. The first-order valence-corrected chi connectivity index (χ1v) is 10.6. The molecule has 1 aliphatic heterocycles. The van der Waals surface area contributed by atoms with Crippen molar-refractivity contribution in [2.24, 2.45) is 0 Å². The van der Waals surface area contributed by atoms with E-state index in [1.807, 2.05) is 6.92 Å². The first-order valence-electron chi connectivity index (χ1n) is 8.52. The molecular formula is C17H20ClN3O4S. The molecule has 7 nitrogen and oxygen atoms in total. The molecule has 2 aromatic rings. The van der Waals surface area contributed by atoms with E-state index in [0.717, 1.165) is 25.7 Å². The molecule has 0 bridgehead atoms. The Morgan fingerprint density at radius 1 is 1.27 bits per heavy atom. The van der Waals surface area contributed by atoms with Crippen LogP contribution in [0.3, 0.4) is 0 Å². The van der Waals surface area contributed by atoms with E-state index in [-0.39, 0.29) is 11.9 Å². The first-order chi connectivity index (χ1) is 12.4. The zero-order valence-electron chi connectivity index (χ0n) is 14.4. The molecule has 1 amide bonds. The van der Waals surface area contributed by atoms with Crippen molar-refractivity contribution in [2.45, 2.75) is 43.9 Å². The summed E-state index contributed by atoms with van der Waals surface area (Å²) in [5, 5.41) is 7.38. The highest BCUT2D eigenvalue weighted by molar-refractivity contribution is 7.91. The van der Waals surface area contributed by atoms with Gasteiger partial charge in [-0.3, -0.25) is 4.79 Å². The minimum absolute atomic E-state index is 0.0668. The third kappa shape index (κ3) is 4.07. The van der Waals surface area contributed by atoms with Crippen molar-refractivity contribution in [2.75, 3.05) is 12.3 Å². The van der Waals surface area contributed by atoms with E-state index in [2.05, 4.69) is 10.2 Å². The van der Waals surface area contributed by atoms with Crippen molar-refractivity contribution in [1.82, 2.24) is 15.1 Å². The van der Waals surface area contributed by atoms with Crippen molar-refractivity contribution in [1.29, 1.82) is 0 Å². The van der Waals surface area contributed by atoms with Gasteiger partial charge < -0.3 is 9.32 Å². The summed E-state index contributed by atoms with van der Waals surface area (Å²) >= 11 is 5.83. The fourth-order valence-electron chi connectivity index (χ4n) is 3.11. The average molecular weight is 398 g/mol. The highest BCUT2D eigenvalue weighted by atomic mass is 35.5. The number of carbonyl (C=O) groups excluding carboxylic acids is 1. The standard InChI is InChI=1S/C17H20ClN3O4S/c1-2-14-5-3-4-10-21(14)15(22)11-26(23,24)17-20-19-16(25-17)12-6-8-13(18)9-7-12/h6-9,14H,2-5,10-11H2,1H3. The predicted molar refractivity (Wildman–Crippen MR) is 96.4 cm³/mol. The van der Waals surface area contributed by atoms with Crippen LogP contribution in [0, 0.1) is 0 Å². The number of sulfone groups is 1. The van der Waals surface area contributed by atoms with E-state index in [1.165, 1.54) is 0 Å². The van der Waals surface area contributed by atoms with Crippen LogP contribution < -0.4 is 0 Å². The lowest BCUT2D eigenvalue weighted by Crippen LogP contribution is -2.45. The van der Waals surface area contributed by atoms with Gasteiger partial charge in [-0.2, -0.15) is 0 Å². The summed E-state index contributed by atoms with van der Waals surface area (Å²) in [5.41, 5.74) is 0.553. The predicted octanol–water partition coefficient (Wildman–Crippen LogP) is 2.95. The summed E-state index contributed by atoms with van der Waals surface area (Å²) in [6.07, 6.45) is 3.67. The second-order valence-electron chi connectivity index (χ2n) is 6.28. The fraction of sp³-hybridized carbons (Fsp3) is 0.471. The van der Waals surface area contributed by atoms with Gasteiger partial charge in [-0.25, -0.2) is 8.42 Å². The van der Waals surface area contributed by atoms with Crippen LogP contribution in [-0.2, 0) is 14.6 Å². The monoisotopic (exact) mass is 397 g/mol. The fourth-order valence-corrected chi connectivity index (χ4v) is 4.22. The summed E-state index contributed by atoms with van der Waals surface area (Å²) < 4.78 is 30.3. The van der Waals surface area contributed by atoms with Gasteiger partial charge in [0.25, 0.3) is 0 Å². The van der Waals surface area contributed by atoms with Gasteiger partial charge >= 0.3 is 5.22 Å². The average Bonchev–Trinajstić information content (AvgIpc) is 3.13. The van der Waals surface area contributed by atoms with Crippen molar-refractivity contribution in [3.8, 4) is 11.5 Å². The van der Waals surface area contributed by atoms with Crippen molar-refractivity contribution >= 4 is 27.3 Å². The molecule has 1 unspecified atom stereocenters. The Morgan fingerprint density at radius 2 is 2.00 bits per heavy atom. The molecule has 140 valence electrons. The molecular weight excluding hydrogens is 378 g/mol. The zero-order chi connectivity index (χ0) is 18.7. The number of benzene rings is 1. The molecule has 26 heavy (non-hydrogen) atoms. The maximum atomic E-state index is 12.5. The number of hydrogen-bond donors (Lipinski definition) is 0. The van der Waals surface area contributed by atoms with E-state index in [1.54, 1.807) is 29.2 Å². The van der Waals surface area contributed by atoms with Gasteiger partial charge in [0.1, 0.15) is 5.75 Å². The van der Waals surface area contributed by atoms with Crippen LogP contribution in [0.25, 0.3) is 11.5 Å². The Hall–Kier alpha value is -1.93. The summed E-state index contributed by atoms with van der Waals surface area (Å²) in [7, 11) is -3.99. The van der Waals surface area contributed by atoms with Gasteiger partial charge in [0.15, 0.2) is 0 Å². The molecule has 0 spiro atoms. The molecule has 1 aromatic heterocycles. The van der Waals surface area contributed by atoms with Crippen molar-refractivity contribution < 1.29 is 17.6 Å². The Bertz CT molecular complexity index is 880. The molecule has 1 aliphatic rings. The number of amides is 1. The second kappa shape index (κ2) is 7.75. The molecule has 0 radical (unpaired) electrons. The molecule has 0 saturated carbocycles. The van der Waals surface area contributed by atoms with Crippen LogP contribution in [0.2, 0.25) is 5.02 Å². The lowest BCUT2D eigenvalue weighted by Gasteiger charge is -2.35. The highest BCUT2D eigenvalue weighted by Crippen LogP contribution is 2.24. The largest absolute Gasteiger partial charge is 0.408 e. The SMILES string of the molecule is CCC1CCCCN1C(=O)CS(=O)(=O)c1nnc(-c2ccc(Cl)cc2)o1. The van der Waals surface area contributed by atoms with Crippen LogP contribution in [-0.4, -0.2) is 47.8 Å². The lowest BCUT2D eigenvalue weighted by molar-refractivity contribution is -0.132. The van der Waals surface area contributed by atoms with Crippen molar-refractivity contribution in [3.05, 3.63) is 29.3 Å². The minimum atomic E-state index is -3.99. The van der Waals surface area contributed by atoms with Crippen LogP contribution in [0.4, 0.5) is 0 Å². The Kier molecular flexibility index (Phi) is 5.62. The highest BCUT2D eigenvalue weighted by Gasteiger charge is 2.32. The van der Waals surface area contributed by atoms with Crippen LogP contribution in [0.1, 0.15) is 32.6 Å². The summed E-state index contributed by atoms with van der Waals surface area (Å²) in [6, 6.07) is 6.67. The third-order valence-corrected chi connectivity index (χ3v) is 6.07. The molecule has 9 heteroatoms. The summed E-state index contributed by atoms with van der Waals surface area (Å²) in [6.45, 7) is 2.59. The molecule has 0 N–H and O–H groups in total. The third-order valence-electron chi connectivity index (χ3n) is 4.50. The summed E-state index contributed by atoms with van der Waals surface area (Å²) in [4.78, 5) is 14.2. The van der Waals surface area contributed by atoms with E-state index >= 15 is 0 Å². The maximum Gasteiger partial charge on any atom is 0.336 e. The van der Waals surface area contributed by atoms with Crippen molar-refractivity contribution in [3.63, 3.8) is 0 Å². The Morgan fingerprint density at radius 3 is 2.69 bits per heavy atom. The van der Waals surface area contributed by atoms with E-state index < -0.39 is 26.7 Å². The molecule has 2 heterocycles. The zero-order valence-corrected chi connectivity index (χ0v) is 16.0. The summed E-state index contributed by atoms with van der Waals surface area (Å²) in [5.74, 6) is -1.01. The van der Waals surface area contributed by atoms with Gasteiger partial charge in [-0.1, -0.05) is 23.6 Å². The van der Waals surface area contributed by atoms with E-state index in [9.17, 15) is 13.2 Å². The maximum absolute atomic E-state index is 12.5. The molecule has 3 rings (SSSR count). The Labute approximate surface area is 157 Å². The van der Waals surface area contributed by atoms with Gasteiger partial charge in [0.05, 0.1) is 0 Å². The molecule has 0 aliphatic carbocycles. The van der Waals surface area contributed by atoms with Gasteiger partial charge in [0.2, 0.25) is 21.6 Å². The molecule has 1 saturated heterocycles. The normalized spacial score (nSPS) is 18.1. The quantitative estimate of drug-likeness (QED) is 0.769. The molecule has 1 atom stereocenters. The van der Waals surface area contributed by atoms with Gasteiger partial charge in [0, 0.05) is 23.2 Å². The molecule has 1 aromatic carbocycles. The van der Waals surface area contributed by atoms with Crippen LogP contribution in [0.5, 0.6) is 0 Å². The second-order valence-corrected chi connectivity index (χ2v) is 8.59. The number of rotatable bonds is 5. The Balaban J connectivity index is 1.76. The van der Waals surface area contributed by atoms with E-state index in [0.29, 0.717) is 17.1 Å². The number of carbonyl (C=O) groups is 1.